The van der Waals surface area contributed by atoms with Gasteiger partial charge >= 0.3 is 0 Å². The molecule has 16 nitrogen and oxygen atoms in total. The Labute approximate surface area is 166 Å². The van der Waals surface area contributed by atoms with E-state index in [1.165, 1.54) is 10.9 Å². The molecule has 1 aliphatic rings. The lowest BCUT2D eigenvalue weighted by Gasteiger charge is -2.37. The molecule has 0 bridgehead atoms. The van der Waals surface area contributed by atoms with E-state index >= 15 is 0 Å². The number of fused-ring (bicyclic) bond motifs is 1. The highest BCUT2D eigenvalue weighted by Crippen LogP contribution is 2.60. The number of nitrogens with two attached hydrogens (primary N) is 1. The maximum atomic E-state index is 11.8. The Morgan fingerprint density at radius 3 is 2.53 bits per heavy atom. The van der Waals surface area contributed by atoms with Crippen molar-refractivity contribution in [3.8, 4) is 0 Å². The second-order valence-electron chi connectivity index (χ2n) is 6.02. The van der Waals surface area contributed by atoms with Crippen molar-refractivity contribution in [2.24, 2.45) is 5.92 Å². The summed E-state index contributed by atoms with van der Waals surface area (Å²) in [7, 11) is -17.6. The average molecular weight is 483 g/mol. The molecule has 0 amide bonds. The molecule has 2 unspecified atom stereocenters. The zero-order chi connectivity index (χ0) is 22.3. The molecule has 0 aromatic carbocycles. The third-order valence-corrected chi connectivity index (χ3v) is 7.47. The van der Waals surface area contributed by atoms with Gasteiger partial charge in [0.2, 0.25) is 5.95 Å². The fourth-order valence-corrected chi connectivity index (χ4v) is 5.65. The van der Waals surface area contributed by atoms with Gasteiger partial charge in [-0.1, -0.05) is 12.2 Å². The summed E-state index contributed by atoms with van der Waals surface area (Å²) in [5.41, 5.74) is 5.24. The predicted octanol–water partition coefficient (Wildman–Crippen LogP) is -2.37. The molecule has 0 radical (unpaired) electrons. The van der Waals surface area contributed by atoms with Crippen LogP contribution < -0.4 is 30.9 Å². The first-order chi connectivity index (χ1) is 13.7. The van der Waals surface area contributed by atoms with Gasteiger partial charge < -0.3 is 39.0 Å². The summed E-state index contributed by atoms with van der Waals surface area (Å²) in [4.78, 5) is 65.4. The maximum absolute atomic E-state index is 11.8. The Bertz CT molecular complexity index is 1190. The van der Waals surface area contributed by atoms with E-state index in [0.29, 0.717) is 0 Å². The predicted molar refractivity (Wildman–Crippen MR) is 89.8 cm³/mol. The van der Waals surface area contributed by atoms with Crippen molar-refractivity contribution in [3.05, 3.63) is 28.8 Å². The molecule has 0 spiro atoms. The number of nitrogens with zero attached hydrogens (tertiary/aromatic N) is 3. The summed E-state index contributed by atoms with van der Waals surface area (Å²) in [6.45, 7) is -0.566. The number of anilines is 1. The minimum Gasteiger partial charge on any atom is -0.790 e. The number of allylic oxidation sites excluding steroid dienone is 1. The molecular weight excluding hydrogens is 471 g/mol. The summed E-state index contributed by atoms with van der Waals surface area (Å²) in [5.74, 6) is -0.666. The highest BCUT2D eigenvalue weighted by molar-refractivity contribution is 7.64. The van der Waals surface area contributed by atoms with E-state index in [-0.39, 0.29) is 23.5 Å². The van der Waals surface area contributed by atoms with E-state index in [1.54, 1.807) is 12.2 Å². The van der Waals surface area contributed by atoms with Crippen molar-refractivity contribution in [2.75, 3.05) is 12.3 Å². The van der Waals surface area contributed by atoms with Gasteiger partial charge in [0, 0.05) is 5.92 Å². The van der Waals surface area contributed by atoms with Gasteiger partial charge in [0.25, 0.3) is 21.2 Å². The molecular formula is C11H12N5O11P3-4. The van der Waals surface area contributed by atoms with Crippen LogP contribution in [0.5, 0.6) is 0 Å². The van der Waals surface area contributed by atoms with Crippen molar-refractivity contribution in [1.29, 1.82) is 0 Å². The first kappa shape index (κ1) is 23.0. The van der Waals surface area contributed by atoms with E-state index in [1.807, 2.05) is 0 Å². The molecule has 3 N–H and O–H groups in total. The van der Waals surface area contributed by atoms with Gasteiger partial charge in [0.1, 0.15) is 0 Å². The van der Waals surface area contributed by atoms with Gasteiger partial charge in [0.15, 0.2) is 11.2 Å². The molecule has 3 rings (SSSR count). The molecule has 19 heteroatoms. The van der Waals surface area contributed by atoms with Crippen molar-refractivity contribution in [1.82, 2.24) is 19.5 Å². The van der Waals surface area contributed by atoms with Crippen LogP contribution in [0.1, 0.15) is 12.5 Å². The van der Waals surface area contributed by atoms with Gasteiger partial charge in [-0.25, -0.2) is 9.29 Å². The number of imidazole rings is 1. The third-order valence-electron chi connectivity index (χ3n) is 3.80. The summed E-state index contributed by atoms with van der Waals surface area (Å²) in [5, 5.41) is 0. The van der Waals surface area contributed by atoms with Gasteiger partial charge in [-0.2, -0.15) is 4.98 Å². The first-order valence-electron chi connectivity index (χ1n) is 7.87. The van der Waals surface area contributed by atoms with Crippen LogP contribution in [0, 0.1) is 5.92 Å². The zero-order valence-corrected chi connectivity index (χ0v) is 17.2. The number of hydrogen-bond donors (Lipinski definition) is 2. The number of H-pyrrole nitrogens is 1. The second-order valence-corrected chi connectivity index (χ2v) is 10.3. The minimum absolute atomic E-state index is 0.0509. The third kappa shape index (κ3) is 5.71. The fraction of sp³-hybridized carbons (Fsp3) is 0.364. The number of phosphoric acid groups is 3. The number of nitrogens with one attached hydrogen (secondary N) is 1. The molecule has 0 aliphatic heterocycles. The smallest absolute Gasteiger partial charge is 0.280 e. The average Bonchev–Trinajstić information content (AvgIpc) is 3.15. The molecule has 30 heavy (non-hydrogen) atoms. The van der Waals surface area contributed by atoms with Crippen LogP contribution in [0.4, 0.5) is 5.95 Å². The van der Waals surface area contributed by atoms with E-state index < -0.39 is 47.6 Å². The molecule has 0 saturated heterocycles. The lowest BCUT2D eigenvalue weighted by atomic mass is 10.1. The van der Waals surface area contributed by atoms with Crippen LogP contribution in [0.25, 0.3) is 11.2 Å². The highest BCUT2D eigenvalue weighted by Gasteiger charge is 2.26. The Balaban J connectivity index is 1.63. The number of aromatic nitrogens is 4. The van der Waals surface area contributed by atoms with Crippen LogP contribution in [-0.4, -0.2) is 26.1 Å². The van der Waals surface area contributed by atoms with E-state index in [2.05, 4.69) is 28.1 Å². The number of hydrogen-bond acceptors (Lipinski definition) is 14. The number of nitrogen functional groups attached to an aromatic ring is 1. The number of aromatic amines is 1. The van der Waals surface area contributed by atoms with Crippen LogP contribution in [0.2, 0.25) is 0 Å². The molecule has 166 valence electrons. The number of phosphoric ester groups is 1. The van der Waals surface area contributed by atoms with Crippen LogP contribution >= 0.6 is 23.5 Å². The van der Waals surface area contributed by atoms with E-state index in [9.17, 15) is 38.1 Å². The van der Waals surface area contributed by atoms with Crippen molar-refractivity contribution in [3.63, 3.8) is 0 Å². The summed E-state index contributed by atoms with van der Waals surface area (Å²) in [6, 6.07) is -0.398. The molecule has 1 aliphatic carbocycles. The molecule has 2 aromatic heterocycles. The standard InChI is InChI=1S/C11H16N5O11P3/c12-11-14-9-8(10(17)15-11)13-5-16(9)7-2-1-6(3-7)4-25-29(21,22)27-30(23,24)26-28(18,19)20/h1-2,5-7H,3-4H2,(H,21,22)(H,23,24)(H2,18,19,20)(H3,12,14,15,17)/p-4/t6-,7+/m1/s1. The van der Waals surface area contributed by atoms with Crippen molar-refractivity contribution < 1.29 is 46.4 Å². The topological polar surface area (TPSA) is 261 Å². The van der Waals surface area contributed by atoms with Crippen LogP contribution in [0.3, 0.4) is 0 Å². The zero-order valence-electron chi connectivity index (χ0n) is 14.6. The van der Waals surface area contributed by atoms with E-state index in [0.717, 1.165) is 0 Å². The Hall–Kier alpha value is -1.70. The van der Waals surface area contributed by atoms with Crippen molar-refractivity contribution in [2.45, 2.75) is 12.5 Å². The Kier molecular flexibility index (Phi) is 6.20. The SMILES string of the molecule is Nc1nc2c(ncn2[C@H]2C=C[C@@H](COP(=O)([O-])OP(=O)([O-])OP(=O)([O-])[O-])C2)c(=O)[nH]1. The monoisotopic (exact) mass is 483 g/mol. The molecule has 2 aromatic rings. The van der Waals surface area contributed by atoms with Crippen molar-refractivity contribution >= 4 is 40.6 Å². The summed E-state index contributed by atoms with van der Waals surface area (Å²) >= 11 is 0. The highest BCUT2D eigenvalue weighted by atomic mass is 31.3. The van der Waals surface area contributed by atoms with Crippen LogP contribution in [0.15, 0.2) is 23.3 Å². The summed E-state index contributed by atoms with van der Waals surface area (Å²) in [6.07, 6.45) is 4.81. The minimum atomic E-state index is -6.05. The maximum Gasteiger partial charge on any atom is 0.280 e. The molecule has 2 heterocycles. The quantitative estimate of drug-likeness (QED) is 0.294. The van der Waals surface area contributed by atoms with Crippen LogP contribution in [-0.2, 0) is 26.8 Å². The molecule has 0 fully saturated rings. The largest absolute Gasteiger partial charge is 0.790 e. The Morgan fingerprint density at radius 1 is 1.17 bits per heavy atom. The second kappa shape index (κ2) is 8.09. The fourth-order valence-electron chi connectivity index (χ4n) is 2.74. The lowest BCUT2D eigenvalue weighted by molar-refractivity contribution is -0.339. The number of rotatable bonds is 8. The van der Waals surface area contributed by atoms with E-state index in [4.69, 9.17) is 5.73 Å². The summed E-state index contributed by atoms with van der Waals surface area (Å²) < 4.78 is 45.6. The van der Waals surface area contributed by atoms with Gasteiger partial charge in [-0.05, 0) is 6.42 Å². The van der Waals surface area contributed by atoms with Gasteiger partial charge in [-0.3, -0.25) is 23.2 Å². The Morgan fingerprint density at radius 2 is 1.87 bits per heavy atom. The normalized spacial score (nSPS) is 23.5. The first-order valence-corrected chi connectivity index (χ1v) is 12.2. The molecule has 0 saturated carbocycles. The molecule has 4 atom stereocenters. The van der Waals surface area contributed by atoms with Gasteiger partial charge in [-0.15, -0.1) is 0 Å². The lowest BCUT2D eigenvalue weighted by Crippen LogP contribution is -2.21. The van der Waals surface area contributed by atoms with Gasteiger partial charge in [0.05, 0.1) is 26.8 Å².